The average molecular weight is 279 g/mol. The normalized spacial score (nSPS) is 19.3. The van der Waals surface area contributed by atoms with Crippen LogP contribution in [0.1, 0.15) is 44.1 Å². The molecule has 1 aliphatic rings. The quantitative estimate of drug-likeness (QED) is 0.842. The summed E-state index contributed by atoms with van der Waals surface area (Å²) >= 11 is 0. The molecule has 0 heterocycles. The summed E-state index contributed by atoms with van der Waals surface area (Å²) in [6.45, 7) is 0.187. The van der Waals surface area contributed by atoms with Crippen molar-refractivity contribution in [2.45, 2.75) is 56.8 Å². The van der Waals surface area contributed by atoms with Gasteiger partial charge in [-0.3, -0.25) is 4.79 Å². The maximum absolute atomic E-state index is 14.5. The van der Waals surface area contributed by atoms with E-state index >= 15 is 0 Å². The zero-order valence-electron chi connectivity index (χ0n) is 11.7. The van der Waals surface area contributed by atoms with E-state index in [9.17, 15) is 9.18 Å². The summed E-state index contributed by atoms with van der Waals surface area (Å²) in [5.74, 6) is -0.517. The lowest BCUT2D eigenvalue weighted by atomic mass is 9.82. The third kappa shape index (κ3) is 4.30. The van der Waals surface area contributed by atoms with Crippen molar-refractivity contribution in [2.24, 2.45) is 5.73 Å². The summed E-state index contributed by atoms with van der Waals surface area (Å²) < 4.78 is 19.6. The van der Waals surface area contributed by atoms with Gasteiger partial charge in [0.25, 0.3) is 0 Å². The van der Waals surface area contributed by atoms with E-state index in [-0.39, 0.29) is 13.0 Å². The second kappa shape index (κ2) is 6.84. The minimum Gasteiger partial charge on any atom is -0.460 e. The average Bonchev–Trinajstić information content (AvgIpc) is 2.46. The van der Waals surface area contributed by atoms with Crippen molar-refractivity contribution in [1.29, 1.82) is 0 Å². The standard InChI is InChI=1S/C16H22FNO2/c17-16(9-5-2-6-10-16)11-14(18)15(19)20-12-13-7-3-1-4-8-13/h1,3-4,7-8,14H,2,5-6,9-12,18H2. The highest BCUT2D eigenvalue weighted by Crippen LogP contribution is 2.35. The first-order valence-electron chi connectivity index (χ1n) is 7.24. The zero-order valence-corrected chi connectivity index (χ0v) is 11.7. The van der Waals surface area contributed by atoms with E-state index in [0.717, 1.165) is 24.8 Å². The van der Waals surface area contributed by atoms with Crippen LogP contribution in [0.4, 0.5) is 4.39 Å². The molecule has 1 aliphatic carbocycles. The van der Waals surface area contributed by atoms with E-state index in [0.29, 0.717) is 12.8 Å². The first kappa shape index (κ1) is 15.0. The fraction of sp³-hybridized carbons (Fsp3) is 0.562. The highest BCUT2D eigenvalue weighted by atomic mass is 19.1. The lowest BCUT2D eigenvalue weighted by molar-refractivity contribution is -0.147. The third-order valence-corrected chi connectivity index (χ3v) is 3.86. The Morgan fingerprint density at radius 3 is 2.55 bits per heavy atom. The molecule has 0 amide bonds. The van der Waals surface area contributed by atoms with Crippen molar-refractivity contribution >= 4 is 5.97 Å². The van der Waals surface area contributed by atoms with Crippen LogP contribution in [-0.2, 0) is 16.1 Å². The molecule has 1 aromatic rings. The Bertz CT molecular complexity index is 429. The summed E-state index contributed by atoms with van der Waals surface area (Å²) in [6.07, 6.45) is 3.91. The molecule has 1 unspecified atom stereocenters. The van der Waals surface area contributed by atoms with Gasteiger partial charge >= 0.3 is 5.97 Å². The Morgan fingerprint density at radius 1 is 1.25 bits per heavy atom. The molecule has 1 saturated carbocycles. The molecule has 0 aromatic heterocycles. The van der Waals surface area contributed by atoms with Crippen LogP contribution in [0.25, 0.3) is 0 Å². The maximum Gasteiger partial charge on any atom is 0.323 e. The van der Waals surface area contributed by atoms with E-state index in [2.05, 4.69) is 0 Å². The Labute approximate surface area is 119 Å². The second-order valence-corrected chi connectivity index (χ2v) is 5.62. The molecular formula is C16H22FNO2. The molecule has 0 bridgehead atoms. The number of rotatable bonds is 5. The van der Waals surface area contributed by atoms with Crippen molar-refractivity contribution in [3.63, 3.8) is 0 Å². The molecule has 20 heavy (non-hydrogen) atoms. The first-order valence-corrected chi connectivity index (χ1v) is 7.24. The number of esters is 1. The van der Waals surface area contributed by atoms with Gasteiger partial charge in [-0.25, -0.2) is 4.39 Å². The highest BCUT2D eigenvalue weighted by molar-refractivity contribution is 5.75. The molecule has 2 N–H and O–H groups in total. The number of hydrogen-bond acceptors (Lipinski definition) is 3. The van der Waals surface area contributed by atoms with Crippen LogP contribution in [0.5, 0.6) is 0 Å². The minimum absolute atomic E-state index is 0.0701. The number of benzene rings is 1. The molecule has 1 aromatic carbocycles. The van der Waals surface area contributed by atoms with Crippen molar-refractivity contribution < 1.29 is 13.9 Å². The van der Waals surface area contributed by atoms with E-state index in [1.165, 1.54) is 0 Å². The second-order valence-electron chi connectivity index (χ2n) is 5.62. The number of ether oxygens (including phenoxy) is 1. The fourth-order valence-corrected chi connectivity index (χ4v) is 2.70. The fourth-order valence-electron chi connectivity index (χ4n) is 2.70. The van der Waals surface area contributed by atoms with Crippen molar-refractivity contribution in [3.05, 3.63) is 35.9 Å². The lowest BCUT2D eigenvalue weighted by Gasteiger charge is -2.31. The van der Waals surface area contributed by atoms with Crippen LogP contribution in [0, 0.1) is 0 Å². The summed E-state index contributed by atoms with van der Waals surface area (Å²) in [4.78, 5) is 11.8. The molecule has 0 saturated heterocycles. The van der Waals surface area contributed by atoms with Gasteiger partial charge in [-0.15, -0.1) is 0 Å². The van der Waals surface area contributed by atoms with Crippen molar-refractivity contribution in [2.75, 3.05) is 0 Å². The maximum atomic E-state index is 14.5. The number of nitrogens with two attached hydrogens (primary N) is 1. The molecule has 1 fully saturated rings. The zero-order chi connectivity index (χ0) is 14.4. The number of carbonyl (C=O) groups is 1. The van der Waals surface area contributed by atoms with Gasteiger partial charge in [0.05, 0.1) is 0 Å². The van der Waals surface area contributed by atoms with Gasteiger partial charge in [-0.1, -0.05) is 49.6 Å². The number of carbonyl (C=O) groups excluding carboxylic acids is 1. The molecule has 2 rings (SSSR count). The highest BCUT2D eigenvalue weighted by Gasteiger charge is 2.35. The number of halogens is 1. The Kier molecular flexibility index (Phi) is 5.12. The Morgan fingerprint density at radius 2 is 1.90 bits per heavy atom. The Hall–Kier alpha value is -1.42. The lowest BCUT2D eigenvalue weighted by Crippen LogP contribution is -2.40. The summed E-state index contributed by atoms with van der Waals surface area (Å²) in [5, 5.41) is 0. The van der Waals surface area contributed by atoms with Gasteiger partial charge in [0.15, 0.2) is 0 Å². The topological polar surface area (TPSA) is 52.3 Å². The molecule has 0 radical (unpaired) electrons. The van der Waals surface area contributed by atoms with E-state index in [1.807, 2.05) is 30.3 Å². The van der Waals surface area contributed by atoms with Crippen LogP contribution in [0.2, 0.25) is 0 Å². The third-order valence-electron chi connectivity index (χ3n) is 3.86. The van der Waals surface area contributed by atoms with E-state index in [1.54, 1.807) is 0 Å². The number of alkyl halides is 1. The van der Waals surface area contributed by atoms with Gasteiger partial charge in [0.2, 0.25) is 0 Å². The monoisotopic (exact) mass is 279 g/mol. The molecular weight excluding hydrogens is 257 g/mol. The molecule has 3 nitrogen and oxygen atoms in total. The minimum atomic E-state index is -1.29. The summed E-state index contributed by atoms with van der Waals surface area (Å²) in [7, 11) is 0. The SMILES string of the molecule is NC(CC1(F)CCCCC1)C(=O)OCc1ccccc1. The number of hydrogen-bond donors (Lipinski definition) is 1. The van der Waals surface area contributed by atoms with Crippen LogP contribution in [0.15, 0.2) is 30.3 Å². The largest absolute Gasteiger partial charge is 0.460 e. The predicted octanol–water partition coefficient (Wildman–Crippen LogP) is 3.12. The van der Waals surface area contributed by atoms with Gasteiger partial charge in [-0.2, -0.15) is 0 Å². The van der Waals surface area contributed by atoms with Crippen LogP contribution < -0.4 is 5.73 Å². The summed E-state index contributed by atoms with van der Waals surface area (Å²) in [5.41, 5.74) is 5.40. The predicted molar refractivity (Wildman–Crippen MR) is 75.8 cm³/mol. The Balaban J connectivity index is 1.79. The van der Waals surface area contributed by atoms with Crippen LogP contribution in [0.3, 0.4) is 0 Å². The smallest absolute Gasteiger partial charge is 0.323 e. The van der Waals surface area contributed by atoms with Gasteiger partial charge in [0, 0.05) is 6.42 Å². The molecule has 110 valence electrons. The summed E-state index contributed by atoms with van der Waals surface area (Å²) in [6, 6.07) is 8.52. The van der Waals surface area contributed by atoms with Crippen LogP contribution in [-0.4, -0.2) is 17.7 Å². The van der Waals surface area contributed by atoms with Gasteiger partial charge < -0.3 is 10.5 Å². The van der Waals surface area contributed by atoms with E-state index < -0.39 is 17.7 Å². The van der Waals surface area contributed by atoms with Crippen molar-refractivity contribution in [3.8, 4) is 0 Å². The van der Waals surface area contributed by atoms with Gasteiger partial charge in [0.1, 0.15) is 18.3 Å². The van der Waals surface area contributed by atoms with Crippen molar-refractivity contribution in [1.82, 2.24) is 0 Å². The van der Waals surface area contributed by atoms with E-state index in [4.69, 9.17) is 10.5 Å². The molecule has 1 atom stereocenters. The molecule has 4 heteroatoms. The molecule has 0 spiro atoms. The molecule has 0 aliphatic heterocycles. The van der Waals surface area contributed by atoms with Crippen LogP contribution >= 0.6 is 0 Å². The first-order chi connectivity index (χ1) is 9.59. The van der Waals surface area contributed by atoms with Gasteiger partial charge in [-0.05, 0) is 18.4 Å².